The summed E-state index contributed by atoms with van der Waals surface area (Å²) in [5.41, 5.74) is 2.47. The smallest absolute Gasteiger partial charge is 0.220 e. The van der Waals surface area contributed by atoms with Crippen LogP contribution < -0.4 is 10.2 Å². The Balaban J connectivity index is 1.43. The van der Waals surface area contributed by atoms with Gasteiger partial charge in [-0.25, -0.2) is 0 Å². The zero-order chi connectivity index (χ0) is 15.9. The van der Waals surface area contributed by atoms with Crippen molar-refractivity contribution in [2.24, 2.45) is 0 Å². The monoisotopic (exact) mass is 328 g/mol. The summed E-state index contributed by atoms with van der Waals surface area (Å²) in [6.45, 7) is 2.95. The minimum atomic E-state index is 0.124. The van der Waals surface area contributed by atoms with Crippen LogP contribution in [0.3, 0.4) is 0 Å². The van der Waals surface area contributed by atoms with Crippen molar-refractivity contribution in [1.82, 2.24) is 5.32 Å². The van der Waals surface area contributed by atoms with Gasteiger partial charge in [0, 0.05) is 36.6 Å². The normalized spacial score (nSPS) is 14.7. The molecule has 1 saturated heterocycles. The van der Waals surface area contributed by atoms with E-state index in [9.17, 15) is 4.79 Å². The van der Waals surface area contributed by atoms with Crippen molar-refractivity contribution < 1.29 is 4.79 Å². The Morgan fingerprint density at radius 3 is 2.57 bits per heavy atom. The molecule has 3 nitrogen and oxygen atoms in total. The second kappa shape index (κ2) is 8.16. The fraction of sp³-hybridized carbons (Fsp3) is 0.421. The number of nitrogens with one attached hydrogen (secondary N) is 1. The van der Waals surface area contributed by atoms with Crippen molar-refractivity contribution in [2.75, 3.05) is 18.0 Å². The van der Waals surface area contributed by atoms with Gasteiger partial charge in [0.1, 0.15) is 0 Å². The summed E-state index contributed by atoms with van der Waals surface area (Å²) in [4.78, 5) is 15.6. The van der Waals surface area contributed by atoms with Crippen molar-refractivity contribution in [3.63, 3.8) is 0 Å². The topological polar surface area (TPSA) is 32.3 Å². The molecule has 1 amide bonds. The molecule has 1 aromatic heterocycles. The lowest BCUT2D eigenvalue weighted by Gasteiger charge is -2.28. The van der Waals surface area contributed by atoms with E-state index < -0.39 is 0 Å². The van der Waals surface area contributed by atoms with Crippen LogP contribution in [0.2, 0.25) is 0 Å². The molecule has 0 atom stereocenters. The molecule has 2 aromatic rings. The molecule has 1 aromatic carbocycles. The lowest BCUT2D eigenvalue weighted by atomic mass is 10.1. The van der Waals surface area contributed by atoms with E-state index in [0.717, 1.165) is 12.0 Å². The number of rotatable bonds is 6. The SMILES string of the molecule is O=C(CCc1cccs1)NCc1ccc(N2CCCCC2)cc1. The van der Waals surface area contributed by atoms with Crippen LogP contribution in [0.1, 0.15) is 36.1 Å². The molecule has 1 aliphatic heterocycles. The van der Waals surface area contributed by atoms with E-state index in [0.29, 0.717) is 13.0 Å². The molecule has 1 aliphatic rings. The van der Waals surface area contributed by atoms with E-state index in [1.54, 1.807) is 11.3 Å². The Kier molecular flexibility index (Phi) is 5.70. The van der Waals surface area contributed by atoms with Gasteiger partial charge in [-0.1, -0.05) is 18.2 Å². The van der Waals surface area contributed by atoms with E-state index in [4.69, 9.17) is 0 Å². The highest BCUT2D eigenvalue weighted by atomic mass is 32.1. The number of piperidine rings is 1. The van der Waals surface area contributed by atoms with Crippen LogP contribution in [-0.2, 0) is 17.8 Å². The Labute approximate surface area is 142 Å². The third-order valence-corrected chi connectivity index (χ3v) is 5.26. The molecule has 0 spiro atoms. The molecular weight excluding hydrogens is 304 g/mol. The minimum Gasteiger partial charge on any atom is -0.372 e. The number of thiophene rings is 1. The first-order chi connectivity index (χ1) is 11.3. The molecule has 0 aliphatic carbocycles. The molecule has 0 radical (unpaired) electrons. The summed E-state index contributed by atoms with van der Waals surface area (Å²) in [7, 11) is 0. The largest absolute Gasteiger partial charge is 0.372 e. The van der Waals surface area contributed by atoms with Crippen LogP contribution in [0.4, 0.5) is 5.69 Å². The van der Waals surface area contributed by atoms with E-state index in [-0.39, 0.29) is 5.91 Å². The molecular formula is C19H24N2OS. The fourth-order valence-corrected chi connectivity index (χ4v) is 3.67. The quantitative estimate of drug-likeness (QED) is 0.869. The predicted molar refractivity (Wildman–Crippen MR) is 97.0 cm³/mol. The number of aryl methyl sites for hydroxylation is 1. The van der Waals surface area contributed by atoms with Gasteiger partial charge in [-0.05, 0) is 54.8 Å². The standard InChI is InChI=1S/C19H24N2OS/c22-19(11-10-18-5-4-14-23-18)20-15-16-6-8-17(9-7-16)21-12-2-1-3-13-21/h4-9,14H,1-3,10-13,15H2,(H,20,22). The van der Waals surface area contributed by atoms with E-state index in [1.807, 2.05) is 6.07 Å². The van der Waals surface area contributed by atoms with Gasteiger partial charge in [-0.15, -0.1) is 11.3 Å². The Morgan fingerprint density at radius 2 is 1.87 bits per heavy atom. The maximum Gasteiger partial charge on any atom is 0.220 e. The van der Waals surface area contributed by atoms with Crippen molar-refractivity contribution >= 4 is 22.9 Å². The van der Waals surface area contributed by atoms with Gasteiger partial charge in [-0.3, -0.25) is 4.79 Å². The van der Waals surface area contributed by atoms with Crippen LogP contribution in [0.25, 0.3) is 0 Å². The van der Waals surface area contributed by atoms with Crippen molar-refractivity contribution in [3.05, 3.63) is 52.2 Å². The van der Waals surface area contributed by atoms with Gasteiger partial charge in [-0.2, -0.15) is 0 Å². The molecule has 4 heteroatoms. The average molecular weight is 328 g/mol. The third kappa shape index (κ3) is 4.83. The average Bonchev–Trinajstić information content (AvgIpc) is 3.13. The van der Waals surface area contributed by atoms with Gasteiger partial charge < -0.3 is 10.2 Å². The highest BCUT2D eigenvalue weighted by Crippen LogP contribution is 2.20. The summed E-state index contributed by atoms with van der Waals surface area (Å²) in [6.07, 6.45) is 5.33. The minimum absolute atomic E-state index is 0.124. The van der Waals surface area contributed by atoms with Crippen molar-refractivity contribution in [1.29, 1.82) is 0 Å². The van der Waals surface area contributed by atoms with Gasteiger partial charge in [0.05, 0.1) is 0 Å². The first-order valence-corrected chi connectivity index (χ1v) is 9.32. The number of anilines is 1. The highest BCUT2D eigenvalue weighted by Gasteiger charge is 2.10. The molecule has 2 heterocycles. The molecule has 0 bridgehead atoms. The van der Waals surface area contributed by atoms with Crippen LogP contribution in [0.5, 0.6) is 0 Å². The first-order valence-electron chi connectivity index (χ1n) is 8.44. The van der Waals surface area contributed by atoms with Crippen LogP contribution in [-0.4, -0.2) is 19.0 Å². The molecule has 23 heavy (non-hydrogen) atoms. The Hall–Kier alpha value is -1.81. The molecule has 1 N–H and O–H groups in total. The number of nitrogens with zero attached hydrogens (tertiary/aromatic N) is 1. The van der Waals surface area contributed by atoms with Crippen molar-refractivity contribution in [2.45, 2.75) is 38.6 Å². The third-order valence-electron chi connectivity index (χ3n) is 4.33. The van der Waals surface area contributed by atoms with Gasteiger partial charge in [0.15, 0.2) is 0 Å². The number of hydrogen-bond donors (Lipinski definition) is 1. The lowest BCUT2D eigenvalue weighted by Crippen LogP contribution is -2.29. The second-order valence-electron chi connectivity index (χ2n) is 6.07. The van der Waals surface area contributed by atoms with E-state index in [1.165, 1.54) is 42.9 Å². The van der Waals surface area contributed by atoms with Crippen LogP contribution >= 0.6 is 11.3 Å². The predicted octanol–water partition coefficient (Wildman–Crippen LogP) is 3.99. The lowest BCUT2D eigenvalue weighted by molar-refractivity contribution is -0.121. The number of carbonyl (C=O) groups excluding carboxylic acids is 1. The van der Waals surface area contributed by atoms with Crippen LogP contribution in [0.15, 0.2) is 41.8 Å². The number of hydrogen-bond acceptors (Lipinski definition) is 3. The van der Waals surface area contributed by atoms with Gasteiger partial charge in [0.25, 0.3) is 0 Å². The van der Waals surface area contributed by atoms with E-state index in [2.05, 4.69) is 45.9 Å². The number of benzene rings is 1. The summed E-state index contributed by atoms with van der Waals surface area (Å²) >= 11 is 1.71. The first kappa shape index (κ1) is 16.1. The highest BCUT2D eigenvalue weighted by molar-refractivity contribution is 7.09. The molecule has 0 saturated carbocycles. The Morgan fingerprint density at radius 1 is 1.09 bits per heavy atom. The summed E-state index contributed by atoms with van der Waals surface area (Å²) in [5.74, 6) is 0.124. The summed E-state index contributed by atoms with van der Waals surface area (Å²) < 4.78 is 0. The van der Waals surface area contributed by atoms with Crippen LogP contribution in [0, 0.1) is 0 Å². The molecule has 0 unspecified atom stereocenters. The zero-order valence-electron chi connectivity index (χ0n) is 13.5. The number of carbonyl (C=O) groups is 1. The second-order valence-corrected chi connectivity index (χ2v) is 7.10. The molecule has 122 valence electrons. The van der Waals surface area contributed by atoms with E-state index >= 15 is 0 Å². The fourth-order valence-electron chi connectivity index (χ4n) is 2.96. The summed E-state index contributed by atoms with van der Waals surface area (Å²) in [5, 5.41) is 5.07. The maximum atomic E-state index is 11.9. The maximum absolute atomic E-state index is 11.9. The molecule has 3 rings (SSSR count). The van der Waals surface area contributed by atoms with Crippen molar-refractivity contribution in [3.8, 4) is 0 Å². The summed E-state index contributed by atoms with van der Waals surface area (Å²) in [6, 6.07) is 12.7. The Bertz CT molecular complexity index is 601. The number of amides is 1. The van der Waals surface area contributed by atoms with Gasteiger partial charge >= 0.3 is 0 Å². The zero-order valence-corrected chi connectivity index (χ0v) is 14.3. The van der Waals surface area contributed by atoms with Gasteiger partial charge in [0.2, 0.25) is 5.91 Å². The molecule has 1 fully saturated rings.